The summed E-state index contributed by atoms with van der Waals surface area (Å²) < 4.78 is 19.6. The molecule has 1 saturated carbocycles. The molecule has 1 aliphatic carbocycles. The van der Waals surface area contributed by atoms with Crippen molar-refractivity contribution in [2.24, 2.45) is 5.73 Å². The van der Waals surface area contributed by atoms with Crippen LogP contribution in [0.4, 0.5) is 10.6 Å². The van der Waals surface area contributed by atoms with Gasteiger partial charge < -0.3 is 29.5 Å². The minimum atomic E-state index is -0.682. The number of fused-ring (bicyclic) bond motifs is 1. The minimum Gasteiger partial charge on any atom is -0.490 e. The van der Waals surface area contributed by atoms with E-state index in [0.29, 0.717) is 49.7 Å². The van der Waals surface area contributed by atoms with Crippen LogP contribution in [0.15, 0.2) is 30.6 Å². The quantitative estimate of drug-likeness (QED) is 0.522. The molecule has 0 spiro atoms. The van der Waals surface area contributed by atoms with Gasteiger partial charge in [-0.25, -0.2) is 14.8 Å². The number of ether oxygens (including phenoxy) is 3. The van der Waals surface area contributed by atoms with Gasteiger partial charge in [-0.05, 0) is 13.0 Å². The molecule has 0 unspecified atom stereocenters. The SMILES string of the molecule is CO[C@]1(c2cc(OC3CC(O)C3)cc(-c3cc(C)n4cnc(NC(N)=O)cc34)n2)CCOC1. The number of nitrogens with zero attached hydrogens (tertiary/aromatic N) is 3. The average molecular weight is 453 g/mol. The molecular formula is C23H27N5O5. The number of primary amides is 1. The Hall–Kier alpha value is -3.21. The molecule has 2 fully saturated rings. The van der Waals surface area contributed by atoms with Crippen LogP contribution < -0.4 is 15.8 Å². The Labute approximate surface area is 190 Å². The molecule has 1 atom stereocenters. The molecule has 10 heteroatoms. The fourth-order valence-electron chi connectivity index (χ4n) is 4.44. The molecule has 0 radical (unpaired) electrons. The zero-order valence-corrected chi connectivity index (χ0v) is 18.6. The Balaban J connectivity index is 1.62. The number of amides is 2. The van der Waals surface area contributed by atoms with Gasteiger partial charge >= 0.3 is 6.03 Å². The summed E-state index contributed by atoms with van der Waals surface area (Å²) in [4.78, 5) is 20.5. The zero-order valence-electron chi connectivity index (χ0n) is 18.6. The average Bonchev–Trinajstić information content (AvgIpc) is 3.38. The largest absolute Gasteiger partial charge is 0.490 e. The van der Waals surface area contributed by atoms with Crippen molar-refractivity contribution in [3.8, 4) is 17.0 Å². The summed E-state index contributed by atoms with van der Waals surface area (Å²) in [5, 5.41) is 12.2. The van der Waals surface area contributed by atoms with Crippen molar-refractivity contribution in [3.05, 3.63) is 42.0 Å². The number of anilines is 1. The van der Waals surface area contributed by atoms with Crippen LogP contribution in [-0.4, -0.2) is 58.0 Å². The molecule has 3 aromatic rings. The van der Waals surface area contributed by atoms with Gasteiger partial charge in [-0.3, -0.25) is 5.32 Å². The highest BCUT2D eigenvalue weighted by Gasteiger charge is 2.39. The van der Waals surface area contributed by atoms with Gasteiger partial charge in [0.05, 0.1) is 29.6 Å². The molecule has 10 nitrogen and oxygen atoms in total. The maximum Gasteiger partial charge on any atom is 0.317 e. The second kappa shape index (κ2) is 8.29. The summed E-state index contributed by atoms with van der Waals surface area (Å²) in [6.45, 7) is 2.97. The van der Waals surface area contributed by atoms with Crippen molar-refractivity contribution in [2.45, 2.75) is 44.0 Å². The summed E-state index contributed by atoms with van der Waals surface area (Å²) in [5.74, 6) is 1.01. The maximum atomic E-state index is 11.3. The molecule has 2 amide bonds. The number of urea groups is 1. The first-order chi connectivity index (χ1) is 15.9. The number of aromatic nitrogens is 3. The molecule has 1 saturated heterocycles. The topological polar surface area (TPSA) is 133 Å². The number of pyridine rings is 1. The number of carbonyl (C=O) groups excluding carboxylic acids is 1. The number of nitrogens with two attached hydrogens (primary N) is 1. The first-order valence-electron chi connectivity index (χ1n) is 10.9. The highest BCUT2D eigenvalue weighted by Crippen LogP contribution is 2.38. The number of aryl methyl sites for hydroxylation is 1. The van der Waals surface area contributed by atoms with Crippen LogP contribution in [0.3, 0.4) is 0 Å². The molecule has 5 rings (SSSR count). The van der Waals surface area contributed by atoms with Gasteiger partial charge in [-0.1, -0.05) is 0 Å². The van der Waals surface area contributed by atoms with E-state index in [-0.39, 0.29) is 12.2 Å². The van der Waals surface area contributed by atoms with E-state index < -0.39 is 11.6 Å². The van der Waals surface area contributed by atoms with Crippen LogP contribution in [0, 0.1) is 6.92 Å². The molecule has 4 N–H and O–H groups in total. The summed E-state index contributed by atoms with van der Waals surface area (Å²) in [7, 11) is 1.66. The van der Waals surface area contributed by atoms with Crippen molar-refractivity contribution in [1.82, 2.24) is 14.4 Å². The number of hydrogen-bond donors (Lipinski definition) is 3. The number of methoxy groups -OCH3 is 1. The van der Waals surface area contributed by atoms with Crippen LogP contribution in [0.1, 0.15) is 30.7 Å². The molecular weight excluding hydrogens is 426 g/mol. The van der Waals surface area contributed by atoms with Gasteiger partial charge in [0.15, 0.2) is 0 Å². The third-order valence-corrected chi connectivity index (χ3v) is 6.40. The normalized spacial score (nSPS) is 24.6. The highest BCUT2D eigenvalue weighted by molar-refractivity contribution is 5.89. The summed E-state index contributed by atoms with van der Waals surface area (Å²) in [5.41, 5.74) is 8.68. The second-order valence-corrected chi connectivity index (χ2v) is 8.66. The van der Waals surface area contributed by atoms with Crippen molar-refractivity contribution >= 4 is 17.4 Å². The second-order valence-electron chi connectivity index (χ2n) is 8.66. The predicted molar refractivity (Wildman–Crippen MR) is 120 cm³/mol. The fraction of sp³-hybridized carbons (Fsp3) is 0.435. The van der Waals surface area contributed by atoms with Crippen LogP contribution in [0.25, 0.3) is 16.8 Å². The summed E-state index contributed by atoms with van der Waals surface area (Å²) in [6, 6.07) is 6.88. The van der Waals surface area contributed by atoms with Gasteiger partial charge in [0.25, 0.3) is 0 Å². The Morgan fingerprint density at radius 1 is 1.33 bits per heavy atom. The monoisotopic (exact) mass is 453 g/mol. The molecule has 33 heavy (non-hydrogen) atoms. The molecule has 0 bridgehead atoms. The molecule has 0 aromatic carbocycles. The Kier molecular flexibility index (Phi) is 5.43. The molecule has 4 heterocycles. The first kappa shape index (κ1) is 21.6. The number of rotatable bonds is 6. The van der Waals surface area contributed by atoms with Gasteiger partial charge in [0.2, 0.25) is 0 Å². The van der Waals surface area contributed by atoms with Crippen molar-refractivity contribution < 1.29 is 24.1 Å². The standard InChI is InChI=1S/C23H27N5O5/c1-13-5-17(19-10-21(27-22(24)30)25-12-28(13)19)18-8-16(33-15-6-14(29)7-15)9-20(26-18)23(31-2)3-4-32-11-23/h5,8-10,12,14-15,29H,3-4,6-7,11H2,1-2H3,(H3,24,27,30)/t14?,15?,23-/m1/s1. The van der Waals surface area contributed by atoms with E-state index in [4.69, 9.17) is 24.9 Å². The van der Waals surface area contributed by atoms with E-state index in [2.05, 4.69) is 10.3 Å². The lowest BCUT2D eigenvalue weighted by atomic mass is 9.92. The Bertz CT molecular complexity index is 1200. The maximum absolute atomic E-state index is 11.3. The van der Waals surface area contributed by atoms with Crippen molar-refractivity contribution in [1.29, 1.82) is 0 Å². The lowest BCUT2D eigenvalue weighted by Crippen LogP contribution is -2.37. The van der Waals surface area contributed by atoms with Crippen LogP contribution >= 0.6 is 0 Å². The Morgan fingerprint density at radius 3 is 2.82 bits per heavy atom. The van der Waals surface area contributed by atoms with Crippen LogP contribution in [-0.2, 0) is 15.1 Å². The third-order valence-electron chi connectivity index (χ3n) is 6.40. The van der Waals surface area contributed by atoms with E-state index >= 15 is 0 Å². The Morgan fingerprint density at radius 2 is 2.15 bits per heavy atom. The number of carbonyl (C=O) groups is 1. The van der Waals surface area contributed by atoms with Crippen molar-refractivity contribution in [3.63, 3.8) is 0 Å². The van der Waals surface area contributed by atoms with Gasteiger partial charge in [0.1, 0.15) is 29.6 Å². The minimum absolute atomic E-state index is 0.0375. The van der Waals surface area contributed by atoms with E-state index in [1.807, 2.05) is 29.5 Å². The van der Waals surface area contributed by atoms with E-state index in [1.54, 1.807) is 19.5 Å². The number of nitrogens with one attached hydrogen (secondary N) is 1. The molecule has 2 aliphatic rings. The van der Waals surface area contributed by atoms with E-state index in [9.17, 15) is 9.90 Å². The zero-order chi connectivity index (χ0) is 23.2. The summed E-state index contributed by atoms with van der Waals surface area (Å²) >= 11 is 0. The summed E-state index contributed by atoms with van der Waals surface area (Å²) in [6.07, 6.45) is 3.18. The van der Waals surface area contributed by atoms with Crippen molar-refractivity contribution in [2.75, 3.05) is 25.6 Å². The van der Waals surface area contributed by atoms with Gasteiger partial charge in [-0.2, -0.15) is 0 Å². The molecule has 3 aromatic heterocycles. The van der Waals surface area contributed by atoms with Gasteiger partial charge in [0, 0.05) is 62.4 Å². The van der Waals surface area contributed by atoms with Crippen LogP contribution in [0.5, 0.6) is 5.75 Å². The lowest BCUT2D eigenvalue weighted by molar-refractivity contribution is -0.0260. The first-order valence-corrected chi connectivity index (χ1v) is 10.9. The molecule has 174 valence electrons. The van der Waals surface area contributed by atoms with E-state index in [0.717, 1.165) is 22.5 Å². The smallest absolute Gasteiger partial charge is 0.317 e. The lowest BCUT2D eigenvalue weighted by Gasteiger charge is -2.32. The van der Waals surface area contributed by atoms with E-state index in [1.165, 1.54) is 0 Å². The number of hydrogen-bond acceptors (Lipinski definition) is 7. The number of aliphatic hydroxyl groups excluding tert-OH is 1. The predicted octanol–water partition coefficient (Wildman–Crippen LogP) is 2.36. The van der Waals surface area contributed by atoms with Gasteiger partial charge in [-0.15, -0.1) is 0 Å². The fourth-order valence-corrected chi connectivity index (χ4v) is 4.44. The third kappa shape index (κ3) is 4.01. The van der Waals surface area contributed by atoms with Crippen LogP contribution in [0.2, 0.25) is 0 Å². The molecule has 1 aliphatic heterocycles. The number of aliphatic hydroxyl groups is 1. The highest BCUT2D eigenvalue weighted by atomic mass is 16.5.